The van der Waals surface area contributed by atoms with Gasteiger partial charge in [-0.3, -0.25) is 4.90 Å². The zero-order chi connectivity index (χ0) is 14.2. The number of hydrogen-bond donors (Lipinski definition) is 1. The summed E-state index contributed by atoms with van der Waals surface area (Å²) >= 11 is 4.13. The number of benzene rings is 1. The number of nitrogens with zero attached hydrogens (tertiary/aromatic N) is 2. The Bertz CT molecular complexity index is 378. The highest BCUT2D eigenvalue weighted by molar-refractivity contribution is 7.80. The molecule has 0 atom stereocenters. The maximum absolute atomic E-state index is 5.48. The third kappa shape index (κ3) is 4.58. The second kappa shape index (κ2) is 8.39. The SMILES string of the molecule is COc1ccc(N2CCN(CCOCCS)CC2)cc1. The number of anilines is 1. The first-order valence-electron chi connectivity index (χ1n) is 7.13. The van der Waals surface area contributed by atoms with Gasteiger partial charge in [-0.1, -0.05) is 0 Å². The van der Waals surface area contributed by atoms with Crippen LogP contribution in [0.1, 0.15) is 0 Å². The molecule has 0 bridgehead atoms. The average molecular weight is 296 g/mol. The summed E-state index contributed by atoms with van der Waals surface area (Å²) < 4.78 is 10.7. The normalized spacial score (nSPS) is 16.4. The van der Waals surface area contributed by atoms with E-state index in [0.29, 0.717) is 0 Å². The Morgan fingerprint density at radius 1 is 1.05 bits per heavy atom. The van der Waals surface area contributed by atoms with E-state index in [0.717, 1.165) is 57.4 Å². The Morgan fingerprint density at radius 2 is 1.75 bits per heavy atom. The molecule has 4 nitrogen and oxygen atoms in total. The van der Waals surface area contributed by atoms with E-state index in [1.807, 2.05) is 12.1 Å². The third-order valence-corrected chi connectivity index (χ3v) is 3.78. The molecule has 1 heterocycles. The highest BCUT2D eigenvalue weighted by atomic mass is 32.1. The minimum atomic E-state index is 0.745. The van der Waals surface area contributed by atoms with Crippen molar-refractivity contribution in [3.63, 3.8) is 0 Å². The van der Waals surface area contributed by atoms with Gasteiger partial charge in [-0.15, -0.1) is 0 Å². The summed E-state index contributed by atoms with van der Waals surface area (Å²) in [5.74, 6) is 1.71. The van der Waals surface area contributed by atoms with Crippen LogP contribution in [0.25, 0.3) is 0 Å². The zero-order valence-electron chi connectivity index (χ0n) is 12.1. The lowest BCUT2D eigenvalue weighted by Crippen LogP contribution is -2.47. The Labute approximate surface area is 127 Å². The molecule has 112 valence electrons. The molecule has 0 aromatic heterocycles. The molecule has 5 heteroatoms. The molecule has 0 spiro atoms. The van der Waals surface area contributed by atoms with Crippen LogP contribution in [0.5, 0.6) is 5.75 Å². The second-order valence-corrected chi connectivity index (χ2v) is 5.31. The number of piperazine rings is 1. The second-order valence-electron chi connectivity index (χ2n) is 4.86. The number of rotatable bonds is 7. The minimum Gasteiger partial charge on any atom is -0.497 e. The van der Waals surface area contributed by atoms with Crippen LogP contribution >= 0.6 is 12.6 Å². The molecular formula is C15H24N2O2S. The molecular weight excluding hydrogens is 272 g/mol. The third-order valence-electron chi connectivity index (χ3n) is 3.60. The predicted octanol–water partition coefficient (Wildman–Crippen LogP) is 1.76. The Hall–Kier alpha value is -0.910. The fourth-order valence-electron chi connectivity index (χ4n) is 2.38. The zero-order valence-corrected chi connectivity index (χ0v) is 13.0. The van der Waals surface area contributed by atoms with Crippen molar-refractivity contribution in [2.24, 2.45) is 0 Å². The van der Waals surface area contributed by atoms with E-state index in [9.17, 15) is 0 Å². The molecule has 0 amide bonds. The molecule has 0 radical (unpaired) electrons. The van der Waals surface area contributed by atoms with Crippen molar-refractivity contribution >= 4 is 18.3 Å². The van der Waals surface area contributed by atoms with Gasteiger partial charge in [0.2, 0.25) is 0 Å². The van der Waals surface area contributed by atoms with Crippen LogP contribution in [-0.4, -0.2) is 63.7 Å². The van der Waals surface area contributed by atoms with Gasteiger partial charge in [0.1, 0.15) is 5.75 Å². The smallest absolute Gasteiger partial charge is 0.119 e. The molecule has 0 saturated carbocycles. The highest BCUT2D eigenvalue weighted by Crippen LogP contribution is 2.20. The molecule has 1 aliphatic rings. The first kappa shape index (κ1) is 15.5. The summed E-state index contributed by atoms with van der Waals surface area (Å²) in [4.78, 5) is 4.88. The van der Waals surface area contributed by atoms with Gasteiger partial charge in [-0.05, 0) is 24.3 Å². The maximum atomic E-state index is 5.48. The quantitative estimate of drug-likeness (QED) is 0.612. The predicted molar refractivity (Wildman–Crippen MR) is 86.3 cm³/mol. The Kier molecular flexibility index (Phi) is 6.50. The first-order valence-corrected chi connectivity index (χ1v) is 7.76. The van der Waals surface area contributed by atoms with E-state index in [1.54, 1.807) is 7.11 Å². The molecule has 0 N–H and O–H groups in total. The molecule has 1 saturated heterocycles. The van der Waals surface area contributed by atoms with E-state index in [2.05, 4.69) is 34.6 Å². The molecule has 0 aliphatic carbocycles. The molecule has 1 fully saturated rings. The maximum Gasteiger partial charge on any atom is 0.119 e. The van der Waals surface area contributed by atoms with Gasteiger partial charge >= 0.3 is 0 Å². The van der Waals surface area contributed by atoms with Crippen molar-refractivity contribution in [3.8, 4) is 5.75 Å². The molecule has 0 unspecified atom stereocenters. The molecule has 2 rings (SSSR count). The fourth-order valence-corrected chi connectivity index (χ4v) is 2.51. The monoisotopic (exact) mass is 296 g/mol. The minimum absolute atomic E-state index is 0.745. The van der Waals surface area contributed by atoms with Gasteiger partial charge in [0, 0.05) is 44.2 Å². The van der Waals surface area contributed by atoms with Crippen LogP contribution in [0.15, 0.2) is 24.3 Å². The van der Waals surface area contributed by atoms with Crippen LogP contribution < -0.4 is 9.64 Å². The van der Waals surface area contributed by atoms with Gasteiger partial charge in [0.05, 0.1) is 20.3 Å². The molecule has 20 heavy (non-hydrogen) atoms. The van der Waals surface area contributed by atoms with Crippen molar-refractivity contribution in [2.75, 3.05) is 63.7 Å². The number of thiol groups is 1. The van der Waals surface area contributed by atoms with E-state index >= 15 is 0 Å². The lowest BCUT2D eigenvalue weighted by molar-refractivity contribution is 0.113. The average Bonchev–Trinajstić information content (AvgIpc) is 2.52. The summed E-state index contributed by atoms with van der Waals surface area (Å²) in [6, 6.07) is 8.30. The largest absolute Gasteiger partial charge is 0.497 e. The van der Waals surface area contributed by atoms with Crippen LogP contribution in [0.3, 0.4) is 0 Å². The van der Waals surface area contributed by atoms with Crippen molar-refractivity contribution in [1.29, 1.82) is 0 Å². The summed E-state index contributed by atoms with van der Waals surface area (Å²) in [7, 11) is 1.70. The van der Waals surface area contributed by atoms with Crippen molar-refractivity contribution < 1.29 is 9.47 Å². The topological polar surface area (TPSA) is 24.9 Å². The van der Waals surface area contributed by atoms with Gasteiger partial charge < -0.3 is 14.4 Å². The van der Waals surface area contributed by atoms with Crippen LogP contribution in [0.4, 0.5) is 5.69 Å². The van der Waals surface area contributed by atoms with Gasteiger partial charge in [-0.25, -0.2) is 0 Å². The number of hydrogen-bond acceptors (Lipinski definition) is 5. The Morgan fingerprint density at radius 3 is 2.35 bits per heavy atom. The summed E-state index contributed by atoms with van der Waals surface area (Å²) in [5, 5.41) is 0. The highest BCUT2D eigenvalue weighted by Gasteiger charge is 2.16. The number of methoxy groups -OCH3 is 1. The van der Waals surface area contributed by atoms with Crippen molar-refractivity contribution in [1.82, 2.24) is 4.90 Å². The lowest BCUT2D eigenvalue weighted by Gasteiger charge is -2.36. The fraction of sp³-hybridized carbons (Fsp3) is 0.600. The first-order chi connectivity index (χ1) is 9.83. The molecule has 1 aliphatic heterocycles. The van der Waals surface area contributed by atoms with Crippen LogP contribution in [0.2, 0.25) is 0 Å². The van der Waals surface area contributed by atoms with E-state index in [4.69, 9.17) is 9.47 Å². The van der Waals surface area contributed by atoms with Crippen LogP contribution in [-0.2, 0) is 4.74 Å². The van der Waals surface area contributed by atoms with Crippen molar-refractivity contribution in [2.45, 2.75) is 0 Å². The van der Waals surface area contributed by atoms with E-state index < -0.39 is 0 Å². The summed E-state index contributed by atoms with van der Waals surface area (Å²) in [5.41, 5.74) is 1.27. The standard InChI is InChI=1S/C15H24N2O2S/c1-18-15-4-2-14(3-5-15)17-8-6-16(7-9-17)10-11-19-12-13-20/h2-5,20H,6-13H2,1H3. The van der Waals surface area contributed by atoms with Crippen LogP contribution in [0, 0.1) is 0 Å². The van der Waals surface area contributed by atoms with Crippen molar-refractivity contribution in [3.05, 3.63) is 24.3 Å². The molecule has 1 aromatic rings. The summed E-state index contributed by atoms with van der Waals surface area (Å²) in [6.07, 6.45) is 0. The van der Waals surface area contributed by atoms with E-state index in [-0.39, 0.29) is 0 Å². The van der Waals surface area contributed by atoms with Gasteiger partial charge in [0.15, 0.2) is 0 Å². The lowest BCUT2D eigenvalue weighted by atomic mass is 10.2. The molecule has 1 aromatic carbocycles. The van der Waals surface area contributed by atoms with Gasteiger partial charge in [-0.2, -0.15) is 12.6 Å². The number of ether oxygens (including phenoxy) is 2. The van der Waals surface area contributed by atoms with E-state index in [1.165, 1.54) is 5.69 Å². The summed E-state index contributed by atoms with van der Waals surface area (Å²) in [6.45, 7) is 6.90. The Balaban J connectivity index is 1.73. The van der Waals surface area contributed by atoms with Gasteiger partial charge in [0.25, 0.3) is 0 Å².